The van der Waals surface area contributed by atoms with Crippen molar-refractivity contribution in [2.24, 2.45) is 0 Å². The van der Waals surface area contributed by atoms with Crippen LogP contribution < -0.4 is 10.1 Å². The van der Waals surface area contributed by atoms with Gasteiger partial charge in [0.15, 0.2) is 17.7 Å². The lowest BCUT2D eigenvalue weighted by Gasteiger charge is -2.32. The zero-order valence-corrected chi connectivity index (χ0v) is 22.8. The summed E-state index contributed by atoms with van der Waals surface area (Å²) in [6.45, 7) is 16.4. The summed E-state index contributed by atoms with van der Waals surface area (Å²) in [5.41, 5.74) is 8.46. The van der Waals surface area contributed by atoms with Crippen LogP contribution in [-0.4, -0.2) is 37.9 Å². The maximum atomic E-state index is 15.5. The number of halogens is 1. The first-order chi connectivity index (χ1) is 17.0. The maximum absolute atomic E-state index is 15.5. The molecule has 0 bridgehead atoms. The number of carbonyl (C=O) groups is 1. The highest BCUT2D eigenvalue weighted by atomic mass is 19.1. The summed E-state index contributed by atoms with van der Waals surface area (Å²) in [5.74, 6) is -0.401. The molecule has 36 heavy (non-hydrogen) atoms. The van der Waals surface area contributed by atoms with E-state index in [4.69, 9.17) is 14.2 Å². The van der Waals surface area contributed by atoms with E-state index in [2.05, 4.69) is 19.2 Å². The second-order valence-corrected chi connectivity index (χ2v) is 10.9. The summed E-state index contributed by atoms with van der Waals surface area (Å²) in [6.07, 6.45) is 2.46. The van der Waals surface area contributed by atoms with Crippen molar-refractivity contribution in [3.05, 3.63) is 50.8 Å². The van der Waals surface area contributed by atoms with Crippen LogP contribution in [0.4, 0.5) is 4.39 Å². The lowest BCUT2D eigenvalue weighted by Crippen LogP contribution is -2.30. The Morgan fingerprint density at radius 1 is 1.06 bits per heavy atom. The number of hydrogen-bond acceptors (Lipinski definition) is 5. The molecule has 0 saturated heterocycles. The molecule has 0 aromatic heterocycles. The summed E-state index contributed by atoms with van der Waals surface area (Å²) in [5, 5.41) is 3.50. The third-order valence-corrected chi connectivity index (χ3v) is 7.36. The molecule has 2 aromatic carbocycles. The van der Waals surface area contributed by atoms with Gasteiger partial charge >= 0.3 is 5.97 Å². The van der Waals surface area contributed by atoms with Crippen molar-refractivity contribution in [3.63, 3.8) is 0 Å². The van der Waals surface area contributed by atoms with Gasteiger partial charge in [0.25, 0.3) is 0 Å². The standard InChI is InChI=1S/C30H40FNO4/c1-8-34-29(33)28(36-30(5,6)7)26-19(4)21-12-14-32-13-11-20(21)18(3)25(26)23-16-24(31)27-22(17(23)2)10-9-15-35-27/h16,28,32H,8-15H2,1-7H3/t28-/m0/s1. The third kappa shape index (κ3) is 5.03. The first-order valence-corrected chi connectivity index (χ1v) is 13.2. The molecule has 0 spiro atoms. The Labute approximate surface area is 214 Å². The van der Waals surface area contributed by atoms with Crippen LogP contribution in [0.15, 0.2) is 6.07 Å². The minimum Gasteiger partial charge on any atom is -0.490 e. The highest BCUT2D eigenvalue weighted by Gasteiger charge is 2.36. The Morgan fingerprint density at radius 3 is 2.36 bits per heavy atom. The number of benzene rings is 2. The van der Waals surface area contributed by atoms with Gasteiger partial charge in [0.05, 0.1) is 18.8 Å². The van der Waals surface area contributed by atoms with Crippen molar-refractivity contribution in [3.8, 4) is 16.9 Å². The zero-order valence-electron chi connectivity index (χ0n) is 22.8. The van der Waals surface area contributed by atoms with E-state index in [0.29, 0.717) is 12.4 Å². The van der Waals surface area contributed by atoms with Gasteiger partial charge in [0.2, 0.25) is 0 Å². The minimum atomic E-state index is -0.921. The number of ether oxygens (including phenoxy) is 3. The fraction of sp³-hybridized carbons (Fsp3) is 0.567. The predicted molar refractivity (Wildman–Crippen MR) is 140 cm³/mol. The molecule has 0 radical (unpaired) electrons. The van der Waals surface area contributed by atoms with Gasteiger partial charge in [-0.15, -0.1) is 0 Å². The molecule has 0 aliphatic carbocycles. The topological polar surface area (TPSA) is 56.8 Å². The van der Waals surface area contributed by atoms with Crippen molar-refractivity contribution in [1.29, 1.82) is 0 Å². The van der Waals surface area contributed by atoms with Crippen LogP contribution in [0.2, 0.25) is 0 Å². The Hall–Kier alpha value is -2.44. The molecule has 196 valence electrons. The van der Waals surface area contributed by atoms with E-state index in [1.807, 2.05) is 27.7 Å². The number of esters is 1. The summed E-state index contributed by atoms with van der Waals surface area (Å²) < 4.78 is 33.1. The molecule has 0 amide bonds. The normalized spacial score (nSPS) is 16.4. The number of carbonyl (C=O) groups excluding carboxylic acids is 1. The van der Waals surface area contributed by atoms with Gasteiger partial charge in [-0.25, -0.2) is 9.18 Å². The molecule has 2 aliphatic heterocycles. The molecule has 1 N–H and O–H groups in total. The van der Waals surface area contributed by atoms with Crippen molar-refractivity contribution in [2.75, 3.05) is 26.3 Å². The molecule has 2 aromatic rings. The molecular weight excluding hydrogens is 457 g/mol. The highest BCUT2D eigenvalue weighted by molar-refractivity contribution is 5.86. The predicted octanol–water partition coefficient (Wildman–Crippen LogP) is 5.85. The maximum Gasteiger partial charge on any atom is 0.339 e. The van der Waals surface area contributed by atoms with E-state index in [9.17, 15) is 4.79 Å². The third-order valence-electron chi connectivity index (χ3n) is 7.36. The molecular formula is C30H40FNO4. The fourth-order valence-corrected chi connectivity index (χ4v) is 5.77. The van der Waals surface area contributed by atoms with E-state index >= 15 is 4.39 Å². The fourth-order valence-electron chi connectivity index (χ4n) is 5.77. The summed E-state index contributed by atoms with van der Waals surface area (Å²) in [4.78, 5) is 13.4. The molecule has 4 rings (SSSR count). The first kappa shape index (κ1) is 26.6. The molecule has 5 nitrogen and oxygen atoms in total. The number of fused-ring (bicyclic) bond motifs is 2. The van der Waals surface area contributed by atoms with Gasteiger partial charge < -0.3 is 19.5 Å². The monoisotopic (exact) mass is 497 g/mol. The van der Waals surface area contributed by atoms with E-state index in [-0.39, 0.29) is 12.4 Å². The van der Waals surface area contributed by atoms with Crippen LogP contribution in [0, 0.1) is 26.6 Å². The molecule has 1 atom stereocenters. The second-order valence-electron chi connectivity index (χ2n) is 10.9. The van der Waals surface area contributed by atoms with Gasteiger partial charge in [-0.2, -0.15) is 0 Å². The van der Waals surface area contributed by atoms with Gasteiger partial charge in [-0.05, 0) is 132 Å². The van der Waals surface area contributed by atoms with Crippen LogP contribution in [0.25, 0.3) is 11.1 Å². The van der Waals surface area contributed by atoms with Crippen molar-refractivity contribution < 1.29 is 23.4 Å². The van der Waals surface area contributed by atoms with Crippen LogP contribution in [0.5, 0.6) is 5.75 Å². The average molecular weight is 498 g/mol. The SMILES string of the molecule is CCOC(=O)[C@@H](OC(C)(C)C)c1c(C)c2c(c(C)c1-c1cc(F)c3c(c1C)CCCO3)CCNCC2. The summed E-state index contributed by atoms with van der Waals surface area (Å²) >= 11 is 0. The highest BCUT2D eigenvalue weighted by Crippen LogP contribution is 2.45. The van der Waals surface area contributed by atoms with Crippen LogP contribution in [0.1, 0.15) is 79.2 Å². The van der Waals surface area contributed by atoms with Crippen molar-refractivity contribution in [2.45, 2.75) is 85.9 Å². The average Bonchev–Trinajstić information content (AvgIpc) is 3.09. The lowest BCUT2D eigenvalue weighted by atomic mass is 9.79. The molecule has 6 heteroatoms. The molecule has 0 unspecified atom stereocenters. The molecule has 0 fully saturated rings. The van der Waals surface area contributed by atoms with Crippen LogP contribution in [-0.2, 0) is 33.5 Å². The van der Waals surface area contributed by atoms with Crippen LogP contribution >= 0.6 is 0 Å². The van der Waals surface area contributed by atoms with Gasteiger partial charge in [-0.1, -0.05) is 0 Å². The first-order valence-electron chi connectivity index (χ1n) is 13.2. The molecule has 2 heterocycles. The number of nitrogens with one attached hydrogen (secondary N) is 1. The Bertz CT molecular complexity index is 1170. The molecule has 2 aliphatic rings. The van der Waals surface area contributed by atoms with E-state index in [1.54, 1.807) is 13.0 Å². The van der Waals surface area contributed by atoms with E-state index in [1.165, 1.54) is 11.1 Å². The number of rotatable bonds is 5. The Balaban J connectivity index is 2.08. The van der Waals surface area contributed by atoms with Crippen molar-refractivity contribution >= 4 is 5.97 Å². The summed E-state index contributed by atoms with van der Waals surface area (Å²) in [6, 6.07) is 1.59. The summed E-state index contributed by atoms with van der Waals surface area (Å²) in [7, 11) is 0. The van der Waals surface area contributed by atoms with Crippen LogP contribution in [0.3, 0.4) is 0 Å². The van der Waals surface area contributed by atoms with Gasteiger partial charge in [0, 0.05) is 11.1 Å². The Kier molecular flexibility index (Phi) is 7.77. The second kappa shape index (κ2) is 10.5. The van der Waals surface area contributed by atoms with E-state index in [0.717, 1.165) is 77.7 Å². The van der Waals surface area contributed by atoms with Gasteiger partial charge in [0.1, 0.15) is 0 Å². The van der Waals surface area contributed by atoms with Crippen molar-refractivity contribution in [1.82, 2.24) is 5.32 Å². The quantitative estimate of drug-likeness (QED) is 0.525. The lowest BCUT2D eigenvalue weighted by molar-refractivity contribution is -0.166. The number of hydrogen-bond donors (Lipinski definition) is 1. The van der Waals surface area contributed by atoms with E-state index < -0.39 is 17.7 Å². The minimum absolute atomic E-state index is 0.259. The smallest absolute Gasteiger partial charge is 0.339 e. The zero-order chi connectivity index (χ0) is 26.2. The van der Waals surface area contributed by atoms with Gasteiger partial charge in [-0.3, -0.25) is 0 Å². The largest absolute Gasteiger partial charge is 0.490 e. The molecule has 0 saturated carbocycles. The Morgan fingerprint density at radius 2 is 1.72 bits per heavy atom.